The molecule has 0 saturated carbocycles. The fourth-order valence-corrected chi connectivity index (χ4v) is 4.81. The van der Waals surface area contributed by atoms with Crippen molar-refractivity contribution in [2.24, 2.45) is 0 Å². The molecule has 0 unspecified atom stereocenters. The number of halogens is 3. The second kappa shape index (κ2) is 11.6. The smallest absolute Gasteiger partial charge is 0.280 e. The van der Waals surface area contributed by atoms with Gasteiger partial charge in [-0.2, -0.15) is 9.37 Å². The van der Waals surface area contributed by atoms with Crippen molar-refractivity contribution in [3.8, 4) is 17.0 Å². The Labute approximate surface area is 219 Å². The lowest BCUT2D eigenvalue weighted by atomic mass is 9.97. The Kier molecular flexibility index (Phi) is 8.29. The van der Waals surface area contributed by atoms with E-state index in [1.54, 1.807) is 19.1 Å². The van der Waals surface area contributed by atoms with E-state index in [0.717, 1.165) is 24.5 Å². The first-order valence-electron chi connectivity index (χ1n) is 12.7. The quantitative estimate of drug-likeness (QED) is 0.250. The number of hydrogen-bond acceptors (Lipinski definition) is 4. The molecule has 0 spiro atoms. The van der Waals surface area contributed by atoms with Gasteiger partial charge >= 0.3 is 0 Å². The molecule has 0 fully saturated rings. The van der Waals surface area contributed by atoms with Gasteiger partial charge in [0.2, 0.25) is 11.8 Å². The lowest BCUT2D eigenvalue weighted by molar-refractivity contribution is 0.367. The number of rotatable bonds is 9. The van der Waals surface area contributed by atoms with Crippen molar-refractivity contribution in [1.82, 2.24) is 14.5 Å². The molecule has 1 N–H and O–H groups in total. The number of aromatic nitrogens is 3. The summed E-state index contributed by atoms with van der Waals surface area (Å²) < 4.78 is 43.8. The largest absolute Gasteiger partial charge is 0.494 e. The van der Waals surface area contributed by atoms with Gasteiger partial charge in [-0.1, -0.05) is 44.5 Å². The Morgan fingerprint density at radius 2 is 1.76 bits per heavy atom. The van der Waals surface area contributed by atoms with Gasteiger partial charge in [0, 0.05) is 30.7 Å². The van der Waals surface area contributed by atoms with Crippen molar-refractivity contribution in [2.45, 2.75) is 58.9 Å². The third-order valence-electron chi connectivity index (χ3n) is 6.75. The Morgan fingerprint density at radius 3 is 2.45 bits per heavy atom. The van der Waals surface area contributed by atoms with Gasteiger partial charge in [0.25, 0.3) is 5.56 Å². The Morgan fingerprint density at radius 1 is 1.03 bits per heavy atom. The molecule has 198 valence electrons. The van der Waals surface area contributed by atoms with E-state index in [4.69, 9.17) is 0 Å². The number of benzene rings is 2. The summed E-state index contributed by atoms with van der Waals surface area (Å²) in [6.07, 6.45) is 3.86. The van der Waals surface area contributed by atoms with E-state index in [2.05, 4.69) is 9.97 Å². The van der Waals surface area contributed by atoms with Crippen molar-refractivity contribution in [2.75, 3.05) is 0 Å². The molecule has 1 atom stereocenters. The molecule has 2 aromatic carbocycles. The summed E-state index contributed by atoms with van der Waals surface area (Å²) in [6.45, 7) is 5.49. The van der Waals surface area contributed by atoms with Crippen LogP contribution in [0.4, 0.5) is 13.2 Å². The molecule has 0 amide bonds. The highest BCUT2D eigenvalue weighted by atomic mass is 19.1. The van der Waals surface area contributed by atoms with Crippen LogP contribution in [0.5, 0.6) is 5.88 Å². The number of aromatic hydroxyl groups is 1. The maximum Gasteiger partial charge on any atom is 0.280 e. The molecular formula is C30H30F3N3O2. The van der Waals surface area contributed by atoms with E-state index in [1.165, 1.54) is 22.9 Å². The molecule has 38 heavy (non-hydrogen) atoms. The van der Waals surface area contributed by atoms with Gasteiger partial charge in [-0.05, 0) is 60.2 Å². The first-order chi connectivity index (χ1) is 18.2. The summed E-state index contributed by atoms with van der Waals surface area (Å²) >= 11 is 0. The van der Waals surface area contributed by atoms with Crippen LogP contribution in [0, 0.1) is 24.5 Å². The highest BCUT2D eigenvalue weighted by Crippen LogP contribution is 2.32. The fraction of sp³-hybridized carbons (Fsp3) is 0.300. The molecule has 8 heteroatoms. The molecular weight excluding hydrogens is 491 g/mol. The summed E-state index contributed by atoms with van der Waals surface area (Å²) in [4.78, 5) is 21.1. The minimum absolute atomic E-state index is 0.0696. The lowest BCUT2D eigenvalue weighted by Gasteiger charge is -2.25. The van der Waals surface area contributed by atoms with Gasteiger partial charge in [0.15, 0.2) is 0 Å². The highest BCUT2D eigenvalue weighted by Gasteiger charge is 2.24. The van der Waals surface area contributed by atoms with Crippen LogP contribution >= 0.6 is 0 Å². The van der Waals surface area contributed by atoms with Crippen molar-refractivity contribution in [3.63, 3.8) is 0 Å². The van der Waals surface area contributed by atoms with Gasteiger partial charge in [-0.3, -0.25) is 9.36 Å². The molecule has 4 rings (SSSR count). The second-order valence-corrected chi connectivity index (χ2v) is 9.39. The Balaban J connectivity index is 1.82. The van der Waals surface area contributed by atoms with Gasteiger partial charge in [0.05, 0.1) is 11.6 Å². The number of unbranched alkanes of at least 4 members (excludes halogenated alkanes) is 1. The van der Waals surface area contributed by atoms with E-state index in [-0.39, 0.29) is 17.9 Å². The molecule has 0 saturated heterocycles. The predicted molar refractivity (Wildman–Crippen MR) is 141 cm³/mol. The van der Waals surface area contributed by atoms with E-state index >= 15 is 0 Å². The first-order valence-corrected chi connectivity index (χ1v) is 12.7. The normalized spacial score (nSPS) is 12.1. The fourth-order valence-electron chi connectivity index (χ4n) is 4.81. The van der Waals surface area contributed by atoms with Crippen LogP contribution in [0.15, 0.2) is 59.5 Å². The summed E-state index contributed by atoms with van der Waals surface area (Å²) in [7, 11) is 0. The maximum atomic E-state index is 14.1. The maximum absolute atomic E-state index is 14.1. The van der Waals surface area contributed by atoms with Crippen LogP contribution in [0.1, 0.15) is 67.2 Å². The molecule has 2 heterocycles. The molecule has 0 aliphatic heterocycles. The number of hydrogen-bond donors (Lipinski definition) is 1. The summed E-state index contributed by atoms with van der Waals surface area (Å²) in [5.41, 5.74) is 2.41. The molecule has 0 aliphatic rings. The average Bonchev–Trinajstić information content (AvgIpc) is 2.88. The molecule has 0 radical (unpaired) electrons. The second-order valence-electron chi connectivity index (χ2n) is 9.39. The van der Waals surface area contributed by atoms with Crippen LogP contribution in [0.2, 0.25) is 0 Å². The van der Waals surface area contributed by atoms with E-state index < -0.39 is 29.2 Å². The first kappa shape index (κ1) is 27.1. The molecule has 0 bridgehead atoms. The van der Waals surface area contributed by atoms with Crippen LogP contribution in [0.25, 0.3) is 11.1 Å². The summed E-state index contributed by atoms with van der Waals surface area (Å²) in [5.74, 6) is -1.90. The zero-order valence-electron chi connectivity index (χ0n) is 21.6. The van der Waals surface area contributed by atoms with Crippen molar-refractivity contribution in [3.05, 3.63) is 111 Å². The third kappa shape index (κ3) is 5.64. The van der Waals surface area contributed by atoms with Crippen molar-refractivity contribution in [1.29, 1.82) is 0 Å². The van der Waals surface area contributed by atoms with E-state index in [9.17, 15) is 23.1 Å². The Hall–Kier alpha value is -3.94. The molecule has 0 aliphatic carbocycles. The number of nitrogens with zero attached hydrogens (tertiary/aromatic N) is 3. The molecule has 5 nitrogen and oxygen atoms in total. The van der Waals surface area contributed by atoms with E-state index in [0.29, 0.717) is 40.9 Å². The number of aryl methyl sites for hydroxylation is 1. The van der Waals surface area contributed by atoms with Crippen LogP contribution in [0.3, 0.4) is 0 Å². The van der Waals surface area contributed by atoms with Crippen molar-refractivity contribution < 1.29 is 18.3 Å². The predicted octanol–water partition coefficient (Wildman–Crippen LogP) is 6.67. The SMILES string of the molecule is CCCCc1nc(=O)c(Cc2cccc(-c3ccnc(F)c3C)c2)c(O)n1[C@@H](CC)c1cc(F)cc(F)c1. The lowest BCUT2D eigenvalue weighted by Crippen LogP contribution is -2.26. The van der Waals surface area contributed by atoms with Crippen molar-refractivity contribution >= 4 is 0 Å². The van der Waals surface area contributed by atoms with Crippen LogP contribution in [-0.2, 0) is 12.8 Å². The topological polar surface area (TPSA) is 68.0 Å². The standard InChI is InChI=1S/C30H30F3N3O2/c1-4-6-10-27-35-29(37)25(30(38)36(27)26(5-2)21-15-22(31)17-23(32)16-21)14-19-8-7-9-20(13-19)24-11-12-34-28(33)18(24)3/h7-9,11-13,15-17,26,38H,4-6,10,14H2,1-3H3/t26-/m0/s1. The minimum atomic E-state index is -0.720. The highest BCUT2D eigenvalue weighted by molar-refractivity contribution is 5.67. The Bertz CT molecular complexity index is 1500. The molecule has 4 aromatic rings. The van der Waals surface area contributed by atoms with Gasteiger partial charge in [-0.25, -0.2) is 13.8 Å². The average molecular weight is 522 g/mol. The summed E-state index contributed by atoms with van der Waals surface area (Å²) in [6, 6.07) is 11.6. The zero-order valence-corrected chi connectivity index (χ0v) is 21.6. The molecule has 2 aromatic heterocycles. The number of pyridine rings is 1. The summed E-state index contributed by atoms with van der Waals surface area (Å²) in [5, 5.41) is 11.5. The monoisotopic (exact) mass is 521 g/mol. The minimum Gasteiger partial charge on any atom is -0.494 e. The van der Waals surface area contributed by atoms with Gasteiger partial charge in [-0.15, -0.1) is 0 Å². The van der Waals surface area contributed by atoms with Gasteiger partial charge in [0.1, 0.15) is 17.5 Å². The third-order valence-corrected chi connectivity index (χ3v) is 6.75. The zero-order chi connectivity index (χ0) is 27.4. The van der Waals surface area contributed by atoms with E-state index in [1.807, 2.05) is 32.0 Å². The van der Waals surface area contributed by atoms with Gasteiger partial charge < -0.3 is 5.11 Å². The van der Waals surface area contributed by atoms with Crippen LogP contribution in [-0.4, -0.2) is 19.6 Å². The van der Waals surface area contributed by atoms with Crippen LogP contribution < -0.4 is 5.56 Å².